The topological polar surface area (TPSA) is 83.6 Å². The Morgan fingerprint density at radius 1 is 1.60 bits per heavy atom. The summed E-state index contributed by atoms with van der Waals surface area (Å²) >= 11 is 0. The summed E-state index contributed by atoms with van der Waals surface area (Å²) in [5, 5.41) is 8.61. The molecule has 1 rings (SSSR count). The molecule has 1 saturated heterocycles. The van der Waals surface area contributed by atoms with Crippen molar-refractivity contribution in [3.63, 3.8) is 0 Å². The number of nitrogens with two attached hydrogens (primary N) is 1. The van der Waals surface area contributed by atoms with E-state index in [2.05, 4.69) is 0 Å². The highest BCUT2D eigenvalue weighted by Gasteiger charge is 2.40. The van der Waals surface area contributed by atoms with Gasteiger partial charge in [-0.05, 0) is 19.3 Å². The van der Waals surface area contributed by atoms with Crippen LogP contribution in [0.1, 0.15) is 20.3 Å². The van der Waals surface area contributed by atoms with Gasteiger partial charge in [-0.1, -0.05) is 6.92 Å². The molecule has 3 unspecified atom stereocenters. The minimum atomic E-state index is -3.33. The molecule has 0 spiro atoms. The van der Waals surface area contributed by atoms with Crippen LogP contribution in [0.4, 0.5) is 0 Å². The second-order valence-electron chi connectivity index (χ2n) is 4.22. The van der Waals surface area contributed by atoms with Crippen LogP contribution in [0.5, 0.6) is 0 Å². The quantitative estimate of drug-likeness (QED) is 0.680. The van der Waals surface area contributed by atoms with Gasteiger partial charge in [0.05, 0.1) is 17.9 Å². The van der Waals surface area contributed by atoms with E-state index < -0.39 is 15.3 Å². The van der Waals surface area contributed by atoms with E-state index in [4.69, 9.17) is 5.73 Å². The summed E-state index contributed by atoms with van der Waals surface area (Å²) < 4.78 is 25.4. The van der Waals surface area contributed by atoms with Crippen LogP contribution < -0.4 is 5.73 Å². The molecule has 3 atom stereocenters. The van der Waals surface area contributed by atoms with E-state index in [1.807, 2.05) is 6.92 Å². The van der Waals surface area contributed by atoms with Crippen molar-refractivity contribution >= 4 is 10.0 Å². The molecular weight excluding hydrogens is 216 g/mol. The van der Waals surface area contributed by atoms with Gasteiger partial charge in [0.25, 0.3) is 0 Å². The fourth-order valence-electron chi connectivity index (χ4n) is 1.91. The Hall–Kier alpha value is -0.170. The molecule has 0 bridgehead atoms. The Balaban J connectivity index is 2.88. The van der Waals surface area contributed by atoms with Gasteiger partial charge in [-0.3, -0.25) is 0 Å². The van der Waals surface area contributed by atoms with E-state index >= 15 is 0 Å². The highest BCUT2D eigenvalue weighted by molar-refractivity contribution is 7.89. The zero-order chi connectivity index (χ0) is 11.6. The summed E-state index contributed by atoms with van der Waals surface area (Å²) in [4.78, 5) is 0. The van der Waals surface area contributed by atoms with Crippen molar-refractivity contribution in [2.45, 2.75) is 31.6 Å². The maximum absolute atomic E-state index is 12.0. The normalized spacial score (nSPS) is 30.7. The highest BCUT2D eigenvalue weighted by atomic mass is 32.2. The number of sulfonamides is 1. The lowest BCUT2D eigenvalue weighted by Crippen LogP contribution is -2.45. The lowest BCUT2D eigenvalue weighted by Gasteiger charge is -2.27. The predicted octanol–water partition coefficient (Wildman–Crippen LogP) is -0.634. The largest absolute Gasteiger partial charge is 0.395 e. The maximum Gasteiger partial charge on any atom is 0.218 e. The van der Waals surface area contributed by atoms with E-state index in [0.29, 0.717) is 6.54 Å². The van der Waals surface area contributed by atoms with Crippen molar-refractivity contribution in [2.24, 2.45) is 11.7 Å². The Morgan fingerprint density at radius 3 is 2.67 bits per heavy atom. The zero-order valence-corrected chi connectivity index (χ0v) is 10.1. The average Bonchev–Trinajstić information content (AvgIpc) is 2.58. The molecule has 1 fully saturated rings. The number of aliphatic hydroxyl groups is 1. The van der Waals surface area contributed by atoms with Gasteiger partial charge >= 0.3 is 0 Å². The SMILES string of the molecule is CC1CCN(S(=O)(=O)C(C)CN)C1CO. The van der Waals surface area contributed by atoms with E-state index in [9.17, 15) is 13.5 Å². The molecule has 5 nitrogen and oxygen atoms in total. The fourth-order valence-corrected chi connectivity index (χ4v) is 3.63. The lowest BCUT2D eigenvalue weighted by molar-refractivity contribution is 0.190. The molecule has 3 N–H and O–H groups in total. The third-order valence-corrected chi connectivity index (χ3v) is 5.50. The second kappa shape index (κ2) is 4.78. The summed E-state index contributed by atoms with van der Waals surface area (Å²) in [6, 6.07) is -0.274. The molecule has 1 aliphatic heterocycles. The number of hydrogen-bond donors (Lipinski definition) is 2. The summed E-state index contributed by atoms with van der Waals surface area (Å²) in [7, 11) is -3.33. The molecule has 6 heteroatoms. The molecule has 0 aromatic carbocycles. The van der Waals surface area contributed by atoms with Crippen LogP contribution in [-0.4, -0.2) is 48.8 Å². The van der Waals surface area contributed by atoms with E-state index in [0.717, 1.165) is 6.42 Å². The van der Waals surface area contributed by atoms with E-state index in [1.54, 1.807) is 6.92 Å². The van der Waals surface area contributed by atoms with Crippen molar-refractivity contribution in [3.8, 4) is 0 Å². The van der Waals surface area contributed by atoms with E-state index in [-0.39, 0.29) is 25.1 Å². The van der Waals surface area contributed by atoms with Gasteiger partial charge in [0.2, 0.25) is 10.0 Å². The number of aliphatic hydroxyl groups excluding tert-OH is 1. The lowest BCUT2D eigenvalue weighted by atomic mass is 10.0. The fraction of sp³-hybridized carbons (Fsp3) is 1.00. The van der Waals surface area contributed by atoms with Gasteiger partial charge in [-0.25, -0.2) is 8.42 Å². The maximum atomic E-state index is 12.0. The van der Waals surface area contributed by atoms with Crippen LogP contribution in [0.15, 0.2) is 0 Å². The van der Waals surface area contributed by atoms with Gasteiger partial charge in [-0.15, -0.1) is 0 Å². The van der Waals surface area contributed by atoms with Crippen LogP contribution in [0.2, 0.25) is 0 Å². The van der Waals surface area contributed by atoms with Crippen molar-refractivity contribution < 1.29 is 13.5 Å². The highest BCUT2D eigenvalue weighted by Crippen LogP contribution is 2.27. The molecule has 1 aliphatic rings. The van der Waals surface area contributed by atoms with Crippen molar-refractivity contribution in [2.75, 3.05) is 19.7 Å². The molecule has 15 heavy (non-hydrogen) atoms. The zero-order valence-electron chi connectivity index (χ0n) is 9.26. The van der Waals surface area contributed by atoms with Crippen LogP contribution in [-0.2, 0) is 10.0 Å². The van der Waals surface area contributed by atoms with Crippen LogP contribution in [0.25, 0.3) is 0 Å². The Bertz CT molecular complexity index is 304. The predicted molar refractivity (Wildman–Crippen MR) is 58.8 cm³/mol. The summed E-state index contributed by atoms with van der Waals surface area (Å²) in [6.07, 6.45) is 0.807. The molecule has 0 aromatic rings. The molecular formula is C9H20N2O3S. The number of rotatable bonds is 4. The minimum absolute atomic E-state index is 0.113. The van der Waals surface area contributed by atoms with Gasteiger partial charge in [-0.2, -0.15) is 4.31 Å². The van der Waals surface area contributed by atoms with Gasteiger partial charge in [0, 0.05) is 13.1 Å². The Kier molecular flexibility index (Phi) is 4.11. The monoisotopic (exact) mass is 236 g/mol. The van der Waals surface area contributed by atoms with Crippen molar-refractivity contribution in [3.05, 3.63) is 0 Å². The third-order valence-electron chi connectivity index (χ3n) is 3.19. The summed E-state index contributed by atoms with van der Waals surface area (Å²) in [5.74, 6) is 0.217. The molecule has 0 aromatic heterocycles. The van der Waals surface area contributed by atoms with E-state index in [1.165, 1.54) is 4.31 Å². The summed E-state index contributed by atoms with van der Waals surface area (Å²) in [6.45, 7) is 4.07. The van der Waals surface area contributed by atoms with Crippen LogP contribution in [0.3, 0.4) is 0 Å². The minimum Gasteiger partial charge on any atom is -0.395 e. The molecule has 90 valence electrons. The summed E-state index contributed by atoms with van der Waals surface area (Å²) in [5.41, 5.74) is 5.38. The first-order valence-electron chi connectivity index (χ1n) is 5.26. The van der Waals surface area contributed by atoms with Crippen LogP contribution in [0, 0.1) is 5.92 Å². The third kappa shape index (κ3) is 2.33. The van der Waals surface area contributed by atoms with Gasteiger partial charge in [0.1, 0.15) is 0 Å². The Morgan fingerprint density at radius 2 is 2.20 bits per heavy atom. The first-order valence-corrected chi connectivity index (χ1v) is 6.77. The van der Waals surface area contributed by atoms with Gasteiger partial charge < -0.3 is 10.8 Å². The van der Waals surface area contributed by atoms with Gasteiger partial charge in [0.15, 0.2) is 0 Å². The van der Waals surface area contributed by atoms with Crippen LogP contribution >= 0.6 is 0 Å². The standard InChI is InChI=1S/C9H20N2O3S/c1-7-3-4-11(9(7)6-12)15(13,14)8(2)5-10/h7-9,12H,3-6,10H2,1-2H3. The number of hydrogen-bond acceptors (Lipinski definition) is 4. The molecule has 0 saturated carbocycles. The van der Waals surface area contributed by atoms with Crippen molar-refractivity contribution in [1.82, 2.24) is 4.31 Å². The first-order chi connectivity index (χ1) is 6.95. The smallest absolute Gasteiger partial charge is 0.218 e. The Labute approximate surface area is 91.3 Å². The first kappa shape index (κ1) is 12.9. The molecule has 0 amide bonds. The second-order valence-corrected chi connectivity index (χ2v) is 6.52. The number of nitrogens with zero attached hydrogens (tertiary/aromatic N) is 1. The molecule has 1 heterocycles. The molecule has 0 aliphatic carbocycles. The van der Waals surface area contributed by atoms with Crippen molar-refractivity contribution in [1.29, 1.82) is 0 Å². The average molecular weight is 236 g/mol. The molecule has 0 radical (unpaired) electrons.